The first-order valence-corrected chi connectivity index (χ1v) is 7.54. The molecular formula is C14H29N3O. The molecule has 0 aromatic rings. The summed E-state index contributed by atoms with van der Waals surface area (Å²) < 4.78 is 5.81. The van der Waals surface area contributed by atoms with Crippen LogP contribution in [0.4, 0.5) is 0 Å². The Kier molecular flexibility index (Phi) is 5.89. The standard InChI is InChI=1S/C14H29N3O/c1-13(2)17-9-10-18-14(12-17)11-15-5-8-16-6-3-4-7-16/h13-15H,3-12H2,1-2H3. The van der Waals surface area contributed by atoms with Crippen LogP contribution in [-0.4, -0.2) is 74.4 Å². The van der Waals surface area contributed by atoms with Crippen LogP contribution in [0.1, 0.15) is 26.7 Å². The Morgan fingerprint density at radius 3 is 2.72 bits per heavy atom. The predicted molar refractivity (Wildman–Crippen MR) is 75.0 cm³/mol. The SMILES string of the molecule is CC(C)N1CCOC(CNCCN2CCCC2)C1. The lowest BCUT2D eigenvalue weighted by atomic mass is 10.2. The van der Waals surface area contributed by atoms with Crippen molar-refractivity contribution in [3.8, 4) is 0 Å². The van der Waals surface area contributed by atoms with Crippen molar-refractivity contribution in [1.82, 2.24) is 15.1 Å². The second-order valence-electron chi connectivity index (χ2n) is 5.83. The van der Waals surface area contributed by atoms with Gasteiger partial charge in [-0.2, -0.15) is 0 Å². The van der Waals surface area contributed by atoms with Crippen LogP contribution in [0, 0.1) is 0 Å². The van der Waals surface area contributed by atoms with Crippen molar-refractivity contribution in [2.45, 2.75) is 38.8 Å². The highest BCUT2D eigenvalue weighted by Gasteiger charge is 2.21. The normalized spacial score (nSPS) is 27.2. The number of ether oxygens (including phenoxy) is 1. The third kappa shape index (κ3) is 4.50. The van der Waals surface area contributed by atoms with Crippen molar-refractivity contribution < 1.29 is 4.74 Å². The average Bonchev–Trinajstić information content (AvgIpc) is 2.88. The first-order valence-electron chi connectivity index (χ1n) is 7.54. The van der Waals surface area contributed by atoms with E-state index in [0.29, 0.717) is 12.1 Å². The highest BCUT2D eigenvalue weighted by Crippen LogP contribution is 2.08. The molecule has 2 rings (SSSR count). The van der Waals surface area contributed by atoms with Gasteiger partial charge in [-0.3, -0.25) is 4.90 Å². The van der Waals surface area contributed by atoms with Crippen molar-refractivity contribution in [2.75, 3.05) is 52.4 Å². The molecule has 1 atom stereocenters. The second-order valence-corrected chi connectivity index (χ2v) is 5.83. The highest BCUT2D eigenvalue weighted by molar-refractivity contribution is 4.76. The van der Waals surface area contributed by atoms with Gasteiger partial charge in [-0.05, 0) is 39.8 Å². The van der Waals surface area contributed by atoms with Gasteiger partial charge in [-0.25, -0.2) is 0 Å². The molecule has 0 amide bonds. The Bertz CT molecular complexity index is 229. The fourth-order valence-corrected chi connectivity index (χ4v) is 2.84. The number of likely N-dealkylation sites (tertiary alicyclic amines) is 1. The third-order valence-corrected chi connectivity index (χ3v) is 4.08. The molecule has 2 aliphatic heterocycles. The fourth-order valence-electron chi connectivity index (χ4n) is 2.84. The van der Waals surface area contributed by atoms with Crippen molar-refractivity contribution in [3.63, 3.8) is 0 Å². The lowest BCUT2D eigenvalue weighted by Crippen LogP contribution is -2.49. The van der Waals surface area contributed by atoms with E-state index in [-0.39, 0.29) is 0 Å². The summed E-state index contributed by atoms with van der Waals surface area (Å²) in [5, 5.41) is 3.55. The van der Waals surface area contributed by atoms with Crippen LogP contribution in [0.15, 0.2) is 0 Å². The molecule has 0 saturated carbocycles. The van der Waals surface area contributed by atoms with Crippen molar-refractivity contribution >= 4 is 0 Å². The van der Waals surface area contributed by atoms with Crippen LogP contribution >= 0.6 is 0 Å². The molecule has 0 aromatic heterocycles. The zero-order valence-corrected chi connectivity index (χ0v) is 12.0. The quantitative estimate of drug-likeness (QED) is 0.710. The molecule has 4 heteroatoms. The van der Waals surface area contributed by atoms with E-state index in [4.69, 9.17) is 4.74 Å². The molecule has 1 N–H and O–H groups in total. The zero-order valence-electron chi connectivity index (χ0n) is 12.0. The molecule has 2 saturated heterocycles. The number of nitrogens with one attached hydrogen (secondary N) is 1. The average molecular weight is 255 g/mol. The Balaban J connectivity index is 1.55. The Labute approximate surface area is 112 Å². The lowest BCUT2D eigenvalue weighted by molar-refractivity contribution is -0.0371. The van der Waals surface area contributed by atoms with Crippen molar-refractivity contribution in [1.29, 1.82) is 0 Å². The number of rotatable bonds is 6. The predicted octanol–water partition coefficient (Wildman–Crippen LogP) is 0.781. The molecule has 0 aromatic carbocycles. The Morgan fingerprint density at radius 2 is 2.00 bits per heavy atom. The van der Waals surface area contributed by atoms with E-state index in [2.05, 4.69) is 29.0 Å². The summed E-state index contributed by atoms with van der Waals surface area (Å²) in [6.07, 6.45) is 3.14. The second kappa shape index (κ2) is 7.43. The van der Waals surface area contributed by atoms with Gasteiger partial charge >= 0.3 is 0 Å². The maximum absolute atomic E-state index is 5.81. The monoisotopic (exact) mass is 255 g/mol. The third-order valence-electron chi connectivity index (χ3n) is 4.08. The van der Waals surface area contributed by atoms with E-state index in [0.717, 1.165) is 32.8 Å². The fraction of sp³-hybridized carbons (Fsp3) is 1.00. The first kappa shape index (κ1) is 14.3. The Morgan fingerprint density at radius 1 is 1.22 bits per heavy atom. The summed E-state index contributed by atoms with van der Waals surface area (Å²) in [6.45, 7) is 13.5. The van der Waals surface area contributed by atoms with Crippen LogP contribution in [0.2, 0.25) is 0 Å². The minimum Gasteiger partial charge on any atom is -0.374 e. The summed E-state index contributed by atoms with van der Waals surface area (Å²) in [4.78, 5) is 5.06. The smallest absolute Gasteiger partial charge is 0.0826 e. The summed E-state index contributed by atoms with van der Waals surface area (Å²) in [7, 11) is 0. The molecule has 0 radical (unpaired) electrons. The molecule has 1 unspecified atom stereocenters. The molecule has 0 aliphatic carbocycles. The van der Waals surface area contributed by atoms with Gasteiger partial charge in [0.2, 0.25) is 0 Å². The molecule has 2 fully saturated rings. The van der Waals surface area contributed by atoms with Crippen LogP contribution in [0.3, 0.4) is 0 Å². The molecule has 2 heterocycles. The maximum atomic E-state index is 5.81. The zero-order chi connectivity index (χ0) is 12.8. The number of hydrogen-bond donors (Lipinski definition) is 1. The van der Waals surface area contributed by atoms with Crippen LogP contribution in [-0.2, 0) is 4.74 Å². The summed E-state index contributed by atoms with van der Waals surface area (Å²) >= 11 is 0. The largest absolute Gasteiger partial charge is 0.374 e. The maximum Gasteiger partial charge on any atom is 0.0826 e. The Hall–Kier alpha value is -0.160. The van der Waals surface area contributed by atoms with E-state index in [9.17, 15) is 0 Å². The summed E-state index contributed by atoms with van der Waals surface area (Å²) in [5.41, 5.74) is 0. The van der Waals surface area contributed by atoms with Gasteiger partial charge in [0.15, 0.2) is 0 Å². The molecule has 4 nitrogen and oxygen atoms in total. The van der Waals surface area contributed by atoms with E-state index in [1.807, 2.05) is 0 Å². The topological polar surface area (TPSA) is 27.7 Å². The van der Waals surface area contributed by atoms with Gasteiger partial charge in [-0.15, -0.1) is 0 Å². The van der Waals surface area contributed by atoms with Crippen LogP contribution < -0.4 is 5.32 Å². The molecule has 106 valence electrons. The van der Waals surface area contributed by atoms with Gasteiger partial charge in [0.1, 0.15) is 0 Å². The molecule has 0 bridgehead atoms. The minimum atomic E-state index is 0.375. The number of hydrogen-bond acceptors (Lipinski definition) is 4. The first-order chi connectivity index (χ1) is 8.75. The van der Waals surface area contributed by atoms with Gasteiger partial charge in [-0.1, -0.05) is 0 Å². The van der Waals surface area contributed by atoms with Gasteiger partial charge in [0, 0.05) is 38.8 Å². The van der Waals surface area contributed by atoms with Crippen LogP contribution in [0.5, 0.6) is 0 Å². The minimum absolute atomic E-state index is 0.375. The summed E-state index contributed by atoms with van der Waals surface area (Å²) in [5.74, 6) is 0. The van der Waals surface area contributed by atoms with E-state index in [1.165, 1.54) is 32.5 Å². The van der Waals surface area contributed by atoms with Crippen LogP contribution in [0.25, 0.3) is 0 Å². The number of nitrogens with zero attached hydrogens (tertiary/aromatic N) is 2. The molecule has 2 aliphatic rings. The molecule has 0 spiro atoms. The van der Waals surface area contributed by atoms with Crippen molar-refractivity contribution in [2.24, 2.45) is 0 Å². The van der Waals surface area contributed by atoms with E-state index in [1.54, 1.807) is 0 Å². The molecular weight excluding hydrogens is 226 g/mol. The van der Waals surface area contributed by atoms with E-state index >= 15 is 0 Å². The van der Waals surface area contributed by atoms with E-state index < -0.39 is 0 Å². The van der Waals surface area contributed by atoms with Crippen molar-refractivity contribution in [3.05, 3.63) is 0 Å². The molecule has 18 heavy (non-hydrogen) atoms. The highest BCUT2D eigenvalue weighted by atomic mass is 16.5. The van der Waals surface area contributed by atoms with Gasteiger partial charge < -0.3 is 15.0 Å². The summed E-state index contributed by atoms with van der Waals surface area (Å²) in [6, 6.07) is 0.640. The van der Waals surface area contributed by atoms with Gasteiger partial charge in [0.25, 0.3) is 0 Å². The lowest BCUT2D eigenvalue weighted by Gasteiger charge is -2.35. The number of morpholine rings is 1. The van der Waals surface area contributed by atoms with Gasteiger partial charge in [0.05, 0.1) is 12.7 Å².